The molecule has 0 aliphatic rings. The predicted molar refractivity (Wildman–Crippen MR) is 78.6 cm³/mol. The quantitative estimate of drug-likeness (QED) is 0.809. The van der Waals surface area contributed by atoms with Crippen LogP contribution >= 0.6 is 23.2 Å². The van der Waals surface area contributed by atoms with Crippen LogP contribution in [0.5, 0.6) is 0 Å². The summed E-state index contributed by atoms with van der Waals surface area (Å²) in [7, 11) is 1.54. The van der Waals surface area contributed by atoms with Crippen LogP contribution in [0.15, 0.2) is 36.4 Å². The molecule has 0 N–H and O–H groups in total. The van der Waals surface area contributed by atoms with Gasteiger partial charge in [-0.25, -0.2) is 8.78 Å². The summed E-state index contributed by atoms with van der Waals surface area (Å²) in [4.78, 5) is 13.5. The van der Waals surface area contributed by atoms with Gasteiger partial charge in [-0.1, -0.05) is 29.3 Å². The summed E-state index contributed by atoms with van der Waals surface area (Å²) >= 11 is 11.7. The van der Waals surface area contributed by atoms with Gasteiger partial charge in [-0.15, -0.1) is 0 Å². The molecule has 2 aromatic rings. The number of hydrogen-bond acceptors (Lipinski definition) is 1. The highest BCUT2D eigenvalue weighted by atomic mass is 35.5. The number of carbonyl (C=O) groups excluding carboxylic acids is 1. The first-order valence-electron chi connectivity index (χ1n) is 6.02. The Kier molecular flexibility index (Phi) is 4.80. The highest BCUT2D eigenvalue weighted by Crippen LogP contribution is 2.23. The first-order chi connectivity index (χ1) is 9.86. The fraction of sp³-hybridized carbons (Fsp3) is 0.133. The van der Waals surface area contributed by atoms with Gasteiger partial charge in [0.25, 0.3) is 5.91 Å². The fourth-order valence-electron chi connectivity index (χ4n) is 1.88. The van der Waals surface area contributed by atoms with E-state index in [1.54, 1.807) is 18.2 Å². The maximum absolute atomic E-state index is 13.1. The van der Waals surface area contributed by atoms with Gasteiger partial charge in [0, 0.05) is 25.2 Å². The summed E-state index contributed by atoms with van der Waals surface area (Å²) in [5, 5.41) is 0.799. The van der Waals surface area contributed by atoms with E-state index < -0.39 is 17.5 Å². The number of amides is 1. The van der Waals surface area contributed by atoms with Crippen molar-refractivity contribution >= 4 is 29.1 Å². The van der Waals surface area contributed by atoms with Gasteiger partial charge in [-0.05, 0) is 29.8 Å². The van der Waals surface area contributed by atoms with Crippen LogP contribution in [0, 0.1) is 11.6 Å². The van der Waals surface area contributed by atoms with Crippen LogP contribution in [-0.2, 0) is 6.54 Å². The highest BCUT2D eigenvalue weighted by molar-refractivity contribution is 6.42. The first-order valence-corrected chi connectivity index (χ1v) is 6.78. The maximum Gasteiger partial charge on any atom is 0.254 e. The van der Waals surface area contributed by atoms with Gasteiger partial charge in [0.2, 0.25) is 0 Å². The topological polar surface area (TPSA) is 20.3 Å². The minimum atomic E-state index is -0.790. The second-order valence-electron chi connectivity index (χ2n) is 4.57. The van der Waals surface area contributed by atoms with Crippen LogP contribution in [0.2, 0.25) is 10.0 Å². The summed E-state index contributed by atoms with van der Waals surface area (Å²) in [5.74, 6) is -2.07. The molecule has 0 fully saturated rings. The number of benzene rings is 2. The Hall–Kier alpha value is -1.65. The van der Waals surface area contributed by atoms with Crippen molar-refractivity contribution in [1.82, 2.24) is 4.90 Å². The lowest BCUT2D eigenvalue weighted by Gasteiger charge is -2.17. The van der Waals surface area contributed by atoms with Crippen molar-refractivity contribution in [2.24, 2.45) is 0 Å². The molecular formula is C15H11Cl2F2NO. The fourth-order valence-corrected chi connectivity index (χ4v) is 2.20. The van der Waals surface area contributed by atoms with Gasteiger partial charge < -0.3 is 4.90 Å². The van der Waals surface area contributed by atoms with Crippen molar-refractivity contribution in [2.75, 3.05) is 7.05 Å². The molecule has 0 saturated carbocycles. The van der Waals surface area contributed by atoms with Gasteiger partial charge in [0.1, 0.15) is 11.6 Å². The maximum atomic E-state index is 13.1. The largest absolute Gasteiger partial charge is 0.337 e. The predicted octanol–water partition coefficient (Wildman–Crippen LogP) is 4.54. The van der Waals surface area contributed by atoms with Crippen molar-refractivity contribution in [3.05, 3.63) is 69.2 Å². The van der Waals surface area contributed by atoms with E-state index in [-0.39, 0.29) is 12.1 Å². The normalized spacial score (nSPS) is 10.5. The summed E-state index contributed by atoms with van der Waals surface area (Å²) in [6.45, 7) is 0.244. The van der Waals surface area contributed by atoms with E-state index in [2.05, 4.69) is 0 Å². The van der Waals surface area contributed by atoms with Gasteiger partial charge in [0.15, 0.2) is 0 Å². The van der Waals surface area contributed by atoms with E-state index in [4.69, 9.17) is 23.2 Å². The lowest BCUT2D eigenvalue weighted by molar-refractivity contribution is 0.0784. The number of nitrogens with zero attached hydrogens (tertiary/aromatic N) is 1. The molecule has 21 heavy (non-hydrogen) atoms. The van der Waals surface area contributed by atoms with Crippen LogP contribution in [0.3, 0.4) is 0 Å². The third kappa shape index (κ3) is 3.93. The Morgan fingerprint density at radius 2 is 1.67 bits per heavy atom. The molecule has 0 aliphatic heterocycles. The minimum absolute atomic E-state index is 0.0462. The smallest absolute Gasteiger partial charge is 0.254 e. The van der Waals surface area contributed by atoms with E-state index in [1.807, 2.05) is 0 Å². The number of rotatable bonds is 3. The Morgan fingerprint density at radius 1 is 1.05 bits per heavy atom. The molecular weight excluding hydrogens is 319 g/mol. The number of halogens is 4. The molecule has 2 nitrogen and oxygen atoms in total. The van der Waals surface area contributed by atoms with E-state index in [0.717, 1.165) is 23.8 Å². The molecule has 2 rings (SSSR count). The molecule has 110 valence electrons. The van der Waals surface area contributed by atoms with E-state index >= 15 is 0 Å². The second-order valence-corrected chi connectivity index (χ2v) is 5.38. The van der Waals surface area contributed by atoms with Gasteiger partial charge in [0.05, 0.1) is 10.0 Å². The zero-order valence-electron chi connectivity index (χ0n) is 11.0. The van der Waals surface area contributed by atoms with Crippen LogP contribution in [-0.4, -0.2) is 17.9 Å². The Labute approximate surface area is 130 Å². The number of hydrogen-bond donors (Lipinski definition) is 0. The van der Waals surface area contributed by atoms with E-state index in [1.165, 1.54) is 11.9 Å². The highest BCUT2D eigenvalue weighted by Gasteiger charge is 2.14. The van der Waals surface area contributed by atoms with Crippen LogP contribution in [0.4, 0.5) is 8.78 Å². The average Bonchev–Trinajstić information content (AvgIpc) is 2.41. The Bertz CT molecular complexity index is 671. The molecule has 0 saturated heterocycles. The summed E-state index contributed by atoms with van der Waals surface area (Å²) in [5.41, 5.74) is 0.715. The standard InChI is InChI=1S/C15H11Cl2F2NO/c1-20(8-9-2-3-13(16)14(17)4-9)15(21)10-5-11(18)7-12(19)6-10/h2-7H,8H2,1H3. The lowest BCUT2D eigenvalue weighted by Crippen LogP contribution is -2.26. The van der Waals surface area contributed by atoms with Crippen LogP contribution < -0.4 is 0 Å². The van der Waals surface area contributed by atoms with Crippen molar-refractivity contribution in [3.8, 4) is 0 Å². The van der Waals surface area contributed by atoms with Gasteiger partial charge >= 0.3 is 0 Å². The monoisotopic (exact) mass is 329 g/mol. The molecule has 0 spiro atoms. The molecule has 2 aromatic carbocycles. The van der Waals surface area contributed by atoms with Crippen molar-refractivity contribution in [3.63, 3.8) is 0 Å². The van der Waals surface area contributed by atoms with Crippen molar-refractivity contribution in [2.45, 2.75) is 6.54 Å². The first kappa shape index (κ1) is 15.7. The molecule has 6 heteroatoms. The van der Waals surface area contributed by atoms with E-state index in [9.17, 15) is 13.6 Å². The molecule has 0 radical (unpaired) electrons. The average molecular weight is 330 g/mol. The molecule has 0 atom stereocenters. The summed E-state index contributed by atoms with van der Waals surface area (Å²) in [6, 6.07) is 7.70. The van der Waals surface area contributed by atoms with E-state index in [0.29, 0.717) is 10.0 Å². The lowest BCUT2D eigenvalue weighted by atomic mass is 10.1. The zero-order valence-corrected chi connectivity index (χ0v) is 12.6. The minimum Gasteiger partial charge on any atom is -0.337 e. The molecule has 1 amide bonds. The molecule has 0 aliphatic carbocycles. The molecule has 0 heterocycles. The molecule has 0 bridgehead atoms. The Balaban J connectivity index is 2.17. The van der Waals surface area contributed by atoms with Crippen LogP contribution in [0.25, 0.3) is 0 Å². The van der Waals surface area contributed by atoms with Crippen molar-refractivity contribution in [1.29, 1.82) is 0 Å². The number of carbonyl (C=O) groups is 1. The van der Waals surface area contributed by atoms with Crippen LogP contribution in [0.1, 0.15) is 15.9 Å². The van der Waals surface area contributed by atoms with Gasteiger partial charge in [-0.2, -0.15) is 0 Å². The molecule has 0 unspecified atom stereocenters. The second kappa shape index (κ2) is 6.41. The summed E-state index contributed by atoms with van der Waals surface area (Å²) < 4.78 is 26.3. The van der Waals surface area contributed by atoms with Crippen molar-refractivity contribution < 1.29 is 13.6 Å². The Morgan fingerprint density at radius 3 is 2.24 bits per heavy atom. The SMILES string of the molecule is CN(Cc1ccc(Cl)c(Cl)c1)C(=O)c1cc(F)cc(F)c1. The zero-order chi connectivity index (χ0) is 15.6. The third-order valence-electron chi connectivity index (χ3n) is 2.86. The molecule has 0 aromatic heterocycles. The summed E-state index contributed by atoms with van der Waals surface area (Å²) in [6.07, 6.45) is 0. The van der Waals surface area contributed by atoms with Gasteiger partial charge in [-0.3, -0.25) is 4.79 Å². The third-order valence-corrected chi connectivity index (χ3v) is 3.60.